The summed E-state index contributed by atoms with van der Waals surface area (Å²) in [6.45, 7) is 4.46. The van der Waals surface area contributed by atoms with Crippen molar-refractivity contribution in [1.82, 2.24) is 9.55 Å². The fourth-order valence-corrected chi connectivity index (χ4v) is 4.40. The zero-order chi connectivity index (χ0) is 21.4. The van der Waals surface area contributed by atoms with Crippen LogP contribution in [-0.2, 0) is 6.54 Å². The van der Waals surface area contributed by atoms with Crippen LogP contribution in [-0.4, -0.2) is 14.5 Å². The van der Waals surface area contributed by atoms with Crippen LogP contribution < -0.4 is 11.0 Å². The van der Waals surface area contributed by atoms with E-state index in [0.717, 1.165) is 4.70 Å². The van der Waals surface area contributed by atoms with E-state index in [1.165, 1.54) is 28.0 Å². The normalized spacial score (nSPS) is 11.4. The third-order valence-electron chi connectivity index (χ3n) is 4.95. The minimum Gasteiger partial charge on any atom is -0.292 e. The van der Waals surface area contributed by atoms with Gasteiger partial charge < -0.3 is 0 Å². The molecule has 4 rings (SSSR count). The summed E-state index contributed by atoms with van der Waals surface area (Å²) < 4.78 is 2.22. The second-order valence-corrected chi connectivity index (χ2v) is 8.52. The van der Waals surface area contributed by atoms with Crippen LogP contribution in [0.1, 0.15) is 20.3 Å². The lowest BCUT2D eigenvalue weighted by molar-refractivity contribution is -0.384. The highest BCUT2D eigenvalue weighted by Gasteiger charge is 2.19. The van der Waals surface area contributed by atoms with Crippen molar-refractivity contribution in [2.75, 3.05) is 0 Å². The molecule has 2 heterocycles. The molecule has 0 unspecified atom stereocenters. The zero-order valence-corrected chi connectivity index (χ0v) is 17.3. The summed E-state index contributed by atoms with van der Waals surface area (Å²) in [7, 11) is 0. The van der Waals surface area contributed by atoms with Crippen molar-refractivity contribution in [3.63, 3.8) is 0 Å². The Bertz CT molecular complexity index is 1410. The van der Waals surface area contributed by atoms with Crippen LogP contribution in [0, 0.1) is 16.0 Å². The van der Waals surface area contributed by atoms with Crippen LogP contribution in [0.5, 0.6) is 0 Å². The van der Waals surface area contributed by atoms with Gasteiger partial charge in [0.1, 0.15) is 16.0 Å². The largest absolute Gasteiger partial charge is 0.292 e. The Labute approximate surface area is 175 Å². The van der Waals surface area contributed by atoms with E-state index in [-0.39, 0.29) is 16.5 Å². The summed E-state index contributed by atoms with van der Waals surface area (Å²) in [6, 6.07) is 13.2. The Morgan fingerprint density at radius 3 is 2.63 bits per heavy atom. The van der Waals surface area contributed by atoms with E-state index >= 15 is 0 Å². The first-order chi connectivity index (χ1) is 14.4. The van der Waals surface area contributed by atoms with E-state index < -0.39 is 10.5 Å². The molecule has 0 aliphatic rings. The number of fused-ring (bicyclic) bond motifs is 2. The van der Waals surface area contributed by atoms with E-state index in [1.807, 2.05) is 26.0 Å². The number of nitro benzene ring substituents is 1. The molecule has 2 aromatic heterocycles. The molecular formula is C22H19N3O4S. The lowest BCUT2D eigenvalue weighted by Gasteiger charge is -2.14. The molecule has 0 N–H and O–H groups in total. The van der Waals surface area contributed by atoms with Gasteiger partial charge in [0.05, 0.1) is 4.92 Å². The highest BCUT2D eigenvalue weighted by atomic mass is 32.1. The number of hydrogen-bond acceptors (Lipinski definition) is 6. The summed E-state index contributed by atoms with van der Waals surface area (Å²) in [5.41, 5.74) is -0.349. The van der Waals surface area contributed by atoms with E-state index in [4.69, 9.17) is 0 Å². The third kappa shape index (κ3) is 3.50. The highest BCUT2D eigenvalue weighted by molar-refractivity contribution is 7.24. The van der Waals surface area contributed by atoms with Crippen molar-refractivity contribution in [3.05, 3.63) is 79.2 Å². The average Bonchev–Trinajstić information content (AvgIpc) is 2.72. The van der Waals surface area contributed by atoms with Crippen molar-refractivity contribution in [1.29, 1.82) is 0 Å². The van der Waals surface area contributed by atoms with Gasteiger partial charge in [0.15, 0.2) is 0 Å². The molecule has 8 heteroatoms. The molecule has 0 bridgehead atoms. The van der Waals surface area contributed by atoms with Crippen LogP contribution in [0.15, 0.2) is 58.1 Å². The second-order valence-electron chi connectivity index (χ2n) is 7.49. The van der Waals surface area contributed by atoms with Crippen LogP contribution in [0.3, 0.4) is 0 Å². The first-order valence-electron chi connectivity index (χ1n) is 9.58. The van der Waals surface area contributed by atoms with Gasteiger partial charge in [-0.3, -0.25) is 24.3 Å². The summed E-state index contributed by atoms with van der Waals surface area (Å²) >= 11 is 1.27. The van der Waals surface area contributed by atoms with E-state index in [9.17, 15) is 19.7 Å². The molecule has 0 saturated heterocycles. The van der Waals surface area contributed by atoms with Crippen molar-refractivity contribution in [3.8, 4) is 11.4 Å². The number of benzene rings is 2. The summed E-state index contributed by atoms with van der Waals surface area (Å²) in [5, 5.41) is 11.8. The van der Waals surface area contributed by atoms with E-state index in [1.54, 1.807) is 24.3 Å². The molecule has 0 spiro atoms. The predicted molar refractivity (Wildman–Crippen MR) is 119 cm³/mol. The van der Waals surface area contributed by atoms with Gasteiger partial charge >= 0.3 is 0 Å². The Morgan fingerprint density at radius 1 is 1.13 bits per heavy atom. The number of nitrogens with zero attached hydrogens (tertiary/aromatic N) is 3. The fourth-order valence-electron chi connectivity index (χ4n) is 3.36. The Kier molecular flexibility index (Phi) is 5.17. The van der Waals surface area contributed by atoms with Crippen LogP contribution in [0.4, 0.5) is 5.69 Å². The van der Waals surface area contributed by atoms with Gasteiger partial charge in [-0.1, -0.05) is 38.1 Å². The topological polar surface area (TPSA) is 95.1 Å². The summed E-state index contributed by atoms with van der Waals surface area (Å²) in [4.78, 5) is 42.2. The third-order valence-corrected chi connectivity index (χ3v) is 6.01. The molecule has 7 nitrogen and oxygen atoms in total. The molecule has 0 aliphatic heterocycles. The smallest absolute Gasteiger partial charge is 0.270 e. The minimum atomic E-state index is -0.479. The van der Waals surface area contributed by atoms with Gasteiger partial charge in [0.25, 0.3) is 11.2 Å². The van der Waals surface area contributed by atoms with Gasteiger partial charge in [-0.15, -0.1) is 11.3 Å². The molecule has 0 atom stereocenters. The first kappa shape index (κ1) is 19.9. The monoisotopic (exact) mass is 421 g/mol. The number of hydrogen-bond donors (Lipinski definition) is 0. The van der Waals surface area contributed by atoms with Crippen LogP contribution >= 0.6 is 11.3 Å². The second kappa shape index (κ2) is 7.79. The molecule has 30 heavy (non-hydrogen) atoms. The van der Waals surface area contributed by atoms with Crippen molar-refractivity contribution in [2.45, 2.75) is 26.8 Å². The molecule has 2 aromatic carbocycles. The Hall–Kier alpha value is -3.39. The predicted octanol–water partition coefficient (Wildman–Crippen LogP) is 4.59. The molecule has 0 saturated carbocycles. The average molecular weight is 421 g/mol. The molecule has 0 aliphatic carbocycles. The van der Waals surface area contributed by atoms with Gasteiger partial charge in [0, 0.05) is 34.3 Å². The standard InChI is InChI=1S/C22H19N3O4S/c1-13(2)10-11-24-20(14-6-5-7-15(12-14)25(28)29)23-21-18(22(24)27)19(26)16-8-3-4-9-17(16)30-21/h3-9,12-13H,10-11H2,1-2H3. The molecule has 152 valence electrons. The van der Waals surface area contributed by atoms with Crippen molar-refractivity contribution in [2.24, 2.45) is 5.92 Å². The summed E-state index contributed by atoms with van der Waals surface area (Å²) in [6.07, 6.45) is 0.709. The zero-order valence-electron chi connectivity index (χ0n) is 16.5. The number of aromatic nitrogens is 2. The summed E-state index contributed by atoms with van der Waals surface area (Å²) in [5.74, 6) is 0.666. The maximum Gasteiger partial charge on any atom is 0.270 e. The molecule has 0 fully saturated rings. The van der Waals surface area contributed by atoms with Crippen LogP contribution in [0.2, 0.25) is 0 Å². The maximum atomic E-state index is 13.4. The lowest BCUT2D eigenvalue weighted by Crippen LogP contribution is -2.27. The Morgan fingerprint density at radius 2 is 1.90 bits per heavy atom. The molecule has 0 amide bonds. The van der Waals surface area contributed by atoms with E-state index in [2.05, 4.69) is 4.98 Å². The van der Waals surface area contributed by atoms with Gasteiger partial charge in [-0.25, -0.2) is 4.98 Å². The van der Waals surface area contributed by atoms with Gasteiger partial charge in [0.2, 0.25) is 5.43 Å². The van der Waals surface area contributed by atoms with E-state index in [0.29, 0.717) is 40.5 Å². The number of non-ortho nitro benzene ring substituents is 1. The number of nitro groups is 1. The highest BCUT2D eigenvalue weighted by Crippen LogP contribution is 2.27. The van der Waals surface area contributed by atoms with Crippen LogP contribution in [0.25, 0.3) is 31.7 Å². The first-order valence-corrected chi connectivity index (χ1v) is 10.4. The number of rotatable bonds is 5. The lowest BCUT2D eigenvalue weighted by atomic mass is 10.1. The maximum absolute atomic E-state index is 13.4. The molecule has 0 radical (unpaired) electrons. The SMILES string of the molecule is CC(C)CCn1c(-c2cccc([N+](=O)[O-])c2)nc2sc3ccccc3c(=O)c2c1=O. The van der Waals surface area contributed by atoms with Crippen molar-refractivity contribution < 1.29 is 4.92 Å². The quantitative estimate of drug-likeness (QED) is 0.267. The molecule has 4 aromatic rings. The fraction of sp³-hybridized carbons (Fsp3) is 0.227. The van der Waals surface area contributed by atoms with Gasteiger partial charge in [-0.05, 0) is 24.5 Å². The van der Waals surface area contributed by atoms with Gasteiger partial charge in [-0.2, -0.15) is 0 Å². The Balaban J connectivity index is 2.07. The molecular weight excluding hydrogens is 402 g/mol. The minimum absolute atomic E-state index is 0.0663. The van der Waals surface area contributed by atoms with Crippen molar-refractivity contribution >= 4 is 37.3 Å².